The summed E-state index contributed by atoms with van der Waals surface area (Å²) in [5.41, 5.74) is 1.15. The third-order valence-corrected chi connectivity index (χ3v) is 5.90. The molecular formula is C14H24N4O3S. The number of nitrogens with one attached hydrogen (secondary N) is 1. The van der Waals surface area contributed by atoms with Crippen LogP contribution in [0.15, 0.2) is 12.3 Å². The van der Waals surface area contributed by atoms with E-state index >= 15 is 0 Å². The minimum absolute atomic E-state index is 0.0444. The maximum absolute atomic E-state index is 11.7. The van der Waals surface area contributed by atoms with E-state index in [0.29, 0.717) is 12.6 Å². The summed E-state index contributed by atoms with van der Waals surface area (Å²) in [6.07, 6.45) is 3.88. The summed E-state index contributed by atoms with van der Waals surface area (Å²) in [6, 6.07) is 2.58. The van der Waals surface area contributed by atoms with Gasteiger partial charge in [-0.3, -0.25) is 9.58 Å². The normalized spacial score (nSPS) is 24.3. The third-order valence-electron chi connectivity index (χ3n) is 4.53. The summed E-state index contributed by atoms with van der Waals surface area (Å²) in [5, 5.41) is 4.37. The van der Waals surface area contributed by atoms with Crippen molar-refractivity contribution in [2.75, 3.05) is 32.1 Å². The van der Waals surface area contributed by atoms with Gasteiger partial charge >= 0.3 is 0 Å². The summed E-state index contributed by atoms with van der Waals surface area (Å²) >= 11 is 0. The van der Waals surface area contributed by atoms with Crippen molar-refractivity contribution in [1.82, 2.24) is 19.4 Å². The van der Waals surface area contributed by atoms with Crippen molar-refractivity contribution in [2.45, 2.75) is 38.4 Å². The number of hydrogen-bond donors (Lipinski definition) is 1. The highest BCUT2D eigenvalue weighted by atomic mass is 32.2. The highest BCUT2D eigenvalue weighted by Crippen LogP contribution is 2.25. The molecule has 0 spiro atoms. The fourth-order valence-electron chi connectivity index (χ4n) is 3.22. The average Bonchev–Trinajstić information content (AvgIpc) is 3.02. The first-order chi connectivity index (χ1) is 10.6. The van der Waals surface area contributed by atoms with E-state index in [1.165, 1.54) is 0 Å². The van der Waals surface area contributed by atoms with Gasteiger partial charge in [0.15, 0.2) is 0 Å². The van der Waals surface area contributed by atoms with E-state index in [4.69, 9.17) is 4.74 Å². The molecule has 0 aromatic carbocycles. The van der Waals surface area contributed by atoms with E-state index in [-0.39, 0.29) is 11.8 Å². The summed E-state index contributed by atoms with van der Waals surface area (Å²) in [4.78, 5) is 2.45. The summed E-state index contributed by atoms with van der Waals surface area (Å²) < 4.78 is 33.5. The Hall–Kier alpha value is -0.960. The van der Waals surface area contributed by atoms with Crippen LogP contribution in [-0.2, 0) is 21.3 Å². The highest BCUT2D eigenvalue weighted by Gasteiger charge is 2.31. The predicted octanol–water partition coefficient (Wildman–Crippen LogP) is 0.358. The standard InChI is InChI=1S/C14H24N4O3S/c1-2-22(19,20)16-9-14-11-17(12-4-7-21-8-5-12)10-13-3-6-15-18(13)14/h3,6,12,14,16H,2,4-5,7-11H2,1H3. The molecule has 1 aromatic heterocycles. The summed E-state index contributed by atoms with van der Waals surface area (Å²) in [5.74, 6) is 0.107. The van der Waals surface area contributed by atoms with Gasteiger partial charge in [-0.1, -0.05) is 0 Å². The lowest BCUT2D eigenvalue weighted by atomic mass is 10.0. The van der Waals surface area contributed by atoms with Crippen molar-refractivity contribution >= 4 is 10.0 Å². The van der Waals surface area contributed by atoms with Crippen molar-refractivity contribution in [3.63, 3.8) is 0 Å². The van der Waals surface area contributed by atoms with Gasteiger partial charge < -0.3 is 4.74 Å². The van der Waals surface area contributed by atoms with Crippen LogP contribution in [0, 0.1) is 0 Å². The van der Waals surface area contributed by atoms with Gasteiger partial charge in [-0.2, -0.15) is 5.10 Å². The lowest BCUT2D eigenvalue weighted by Gasteiger charge is -2.40. The van der Waals surface area contributed by atoms with E-state index in [1.54, 1.807) is 13.1 Å². The van der Waals surface area contributed by atoms with Gasteiger partial charge in [0.05, 0.1) is 17.5 Å². The monoisotopic (exact) mass is 328 g/mol. The van der Waals surface area contributed by atoms with Crippen molar-refractivity contribution in [3.8, 4) is 0 Å². The zero-order valence-electron chi connectivity index (χ0n) is 12.9. The predicted molar refractivity (Wildman–Crippen MR) is 83.0 cm³/mol. The van der Waals surface area contributed by atoms with Crippen LogP contribution >= 0.6 is 0 Å². The molecule has 124 valence electrons. The largest absolute Gasteiger partial charge is 0.381 e. The van der Waals surface area contributed by atoms with Crippen molar-refractivity contribution < 1.29 is 13.2 Å². The van der Waals surface area contributed by atoms with Gasteiger partial charge in [0, 0.05) is 45.1 Å². The lowest BCUT2D eigenvalue weighted by molar-refractivity contribution is 0.0170. The van der Waals surface area contributed by atoms with Crippen LogP contribution in [0.1, 0.15) is 31.5 Å². The Morgan fingerprint density at radius 2 is 2.18 bits per heavy atom. The smallest absolute Gasteiger partial charge is 0.211 e. The van der Waals surface area contributed by atoms with Crippen LogP contribution in [0.25, 0.3) is 0 Å². The molecule has 1 unspecified atom stereocenters. The Morgan fingerprint density at radius 1 is 1.41 bits per heavy atom. The first-order valence-electron chi connectivity index (χ1n) is 7.90. The minimum Gasteiger partial charge on any atom is -0.381 e. The molecular weight excluding hydrogens is 304 g/mol. The maximum Gasteiger partial charge on any atom is 0.211 e. The number of ether oxygens (including phenoxy) is 1. The molecule has 1 saturated heterocycles. The van der Waals surface area contributed by atoms with Gasteiger partial charge in [-0.15, -0.1) is 0 Å². The maximum atomic E-state index is 11.7. The van der Waals surface area contributed by atoms with E-state index in [2.05, 4.69) is 14.7 Å². The molecule has 3 rings (SSSR count). The molecule has 1 atom stereocenters. The van der Waals surface area contributed by atoms with Gasteiger partial charge in [0.25, 0.3) is 0 Å². The SMILES string of the molecule is CCS(=O)(=O)NCC1CN(C2CCOCC2)Cc2ccnn21. The molecule has 22 heavy (non-hydrogen) atoms. The topological polar surface area (TPSA) is 76.5 Å². The zero-order chi connectivity index (χ0) is 15.6. The van der Waals surface area contributed by atoms with E-state index in [0.717, 1.165) is 44.8 Å². The first-order valence-corrected chi connectivity index (χ1v) is 9.56. The number of aromatic nitrogens is 2. The molecule has 0 aliphatic carbocycles. The molecule has 2 aliphatic rings. The Morgan fingerprint density at radius 3 is 2.91 bits per heavy atom. The second-order valence-corrected chi connectivity index (χ2v) is 8.04. The minimum atomic E-state index is -3.18. The van der Waals surface area contributed by atoms with Crippen LogP contribution in [-0.4, -0.2) is 61.2 Å². The zero-order valence-corrected chi connectivity index (χ0v) is 13.8. The Labute approximate surface area is 131 Å². The van der Waals surface area contributed by atoms with Crippen molar-refractivity contribution in [1.29, 1.82) is 0 Å². The third kappa shape index (κ3) is 3.51. The quantitative estimate of drug-likeness (QED) is 0.844. The van der Waals surface area contributed by atoms with Crippen LogP contribution < -0.4 is 4.72 Å². The number of nitrogens with zero attached hydrogens (tertiary/aromatic N) is 3. The van der Waals surface area contributed by atoms with Crippen LogP contribution in [0.3, 0.4) is 0 Å². The first kappa shape index (κ1) is 15.9. The van der Waals surface area contributed by atoms with Crippen LogP contribution in [0.2, 0.25) is 0 Å². The molecule has 0 saturated carbocycles. The number of rotatable bonds is 5. The number of fused-ring (bicyclic) bond motifs is 1. The second-order valence-electron chi connectivity index (χ2n) is 5.95. The fourth-order valence-corrected chi connectivity index (χ4v) is 3.87. The fraction of sp³-hybridized carbons (Fsp3) is 0.786. The number of sulfonamides is 1. The molecule has 0 bridgehead atoms. The molecule has 7 nitrogen and oxygen atoms in total. The Balaban J connectivity index is 1.71. The molecule has 0 amide bonds. The van der Waals surface area contributed by atoms with Gasteiger partial charge in [-0.05, 0) is 25.8 Å². The Kier molecular flexibility index (Phi) is 4.82. The van der Waals surface area contributed by atoms with Crippen LogP contribution in [0.5, 0.6) is 0 Å². The van der Waals surface area contributed by atoms with Gasteiger partial charge in [-0.25, -0.2) is 13.1 Å². The summed E-state index contributed by atoms with van der Waals surface area (Å²) in [6.45, 7) is 5.37. The van der Waals surface area contributed by atoms with Crippen molar-refractivity contribution in [2.24, 2.45) is 0 Å². The molecule has 0 radical (unpaired) electrons. The van der Waals surface area contributed by atoms with E-state index in [1.807, 2.05) is 10.7 Å². The van der Waals surface area contributed by atoms with Gasteiger partial charge in [0.2, 0.25) is 10.0 Å². The second kappa shape index (κ2) is 6.66. The highest BCUT2D eigenvalue weighted by molar-refractivity contribution is 7.89. The van der Waals surface area contributed by atoms with Crippen molar-refractivity contribution in [3.05, 3.63) is 18.0 Å². The average molecular weight is 328 g/mol. The lowest BCUT2D eigenvalue weighted by Crippen LogP contribution is -2.48. The Bertz CT molecular complexity index is 595. The molecule has 2 aliphatic heterocycles. The number of hydrogen-bond acceptors (Lipinski definition) is 5. The van der Waals surface area contributed by atoms with E-state index in [9.17, 15) is 8.42 Å². The molecule has 1 aromatic rings. The molecule has 8 heteroatoms. The molecule has 1 N–H and O–H groups in total. The van der Waals surface area contributed by atoms with Crippen LogP contribution in [0.4, 0.5) is 0 Å². The summed E-state index contributed by atoms with van der Waals surface area (Å²) in [7, 11) is -3.18. The molecule has 3 heterocycles. The van der Waals surface area contributed by atoms with Gasteiger partial charge in [0.1, 0.15) is 0 Å². The van der Waals surface area contributed by atoms with E-state index < -0.39 is 10.0 Å². The molecule has 1 fully saturated rings.